The number of carbonyl (C=O) groups is 1. The second kappa shape index (κ2) is 5.42. The molecule has 98 valence electrons. The van der Waals surface area contributed by atoms with Crippen LogP contribution in [0.3, 0.4) is 0 Å². The third-order valence-corrected chi connectivity index (χ3v) is 3.68. The number of hydrogen-bond donors (Lipinski definition) is 1. The topological polar surface area (TPSA) is 46.3 Å². The van der Waals surface area contributed by atoms with E-state index in [1.165, 1.54) is 5.56 Å². The van der Waals surface area contributed by atoms with Crippen LogP contribution in [0, 0.1) is 5.92 Å². The van der Waals surface area contributed by atoms with Crippen LogP contribution in [-0.4, -0.2) is 12.5 Å². The van der Waals surface area contributed by atoms with Gasteiger partial charge in [-0.1, -0.05) is 32.8 Å². The molecule has 0 saturated carbocycles. The standard InChI is InChI=1S/C15H22N2O/c1-3-4-5-11(2)15(18)17-9-8-12-6-7-13(16)10-14(12)17/h6-7,10-11H,3-5,8-9,16H2,1-2H3. The smallest absolute Gasteiger partial charge is 0.229 e. The second-order valence-electron chi connectivity index (χ2n) is 5.17. The Kier molecular flexibility index (Phi) is 3.90. The molecule has 2 N–H and O–H groups in total. The van der Waals surface area contributed by atoms with Gasteiger partial charge in [-0.3, -0.25) is 4.79 Å². The van der Waals surface area contributed by atoms with Crippen molar-refractivity contribution in [2.75, 3.05) is 17.2 Å². The van der Waals surface area contributed by atoms with Crippen LogP contribution >= 0.6 is 0 Å². The number of anilines is 2. The summed E-state index contributed by atoms with van der Waals surface area (Å²) in [5.41, 5.74) is 8.80. The Morgan fingerprint density at radius 1 is 1.50 bits per heavy atom. The van der Waals surface area contributed by atoms with Crippen molar-refractivity contribution in [2.45, 2.75) is 39.5 Å². The van der Waals surface area contributed by atoms with E-state index in [1.807, 2.05) is 30.0 Å². The highest BCUT2D eigenvalue weighted by atomic mass is 16.2. The molecular formula is C15H22N2O. The summed E-state index contributed by atoms with van der Waals surface area (Å²) in [6, 6.07) is 5.87. The van der Waals surface area contributed by atoms with Crippen molar-refractivity contribution in [1.29, 1.82) is 0 Å². The molecule has 0 fully saturated rings. The molecule has 3 heteroatoms. The average molecular weight is 246 g/mol. The summed E-state index contributed by atoms with van der Waals surface area (Å²) < 4.78 is 0. The van der Waals surface area contributed by atoms with Crippen LogP contribution < -0.4 is 10.6 Å². The molecule has 2 rings (SSSR count). The number of amides is 1. The van der Waals surface area contributed by atoms with Crippen LogP contribution in [0.25, 0.3) is 0 Å². The van der Waals surface area contributed by atoms with Crippen molar-refractivity contribution in [3.63, 3.8) is 0 Å². The Labute approximate surface area is 109 Å². The van der Waals surface area contributed by atoms with Gasteiger partial charge in [-0.2, -0.15) is 0 Å². The molecule has 1 unspecified atom stereocenters. The molecule has 3 nitrogen and oxygen atoms in total. The molecule has 1 aromatic rings. The van der Waals surface area contributed by atoms with Crippen LogP contribution in [0.1, 0.15) is 38.7 Å². The maximum Gasteiger partial charge on any atom is 0.229 e. The van der Waals surface area contributed by atoms with Crippen LogP contribution in [0.4, 0.5) is 11.4 Å². The van der Waals surface area contributed by atoms with Gasteiger partial charge in [0.2, 0.25) is 5.91 Å². The number of nitrogen functional groups attached to an aromatic ring is 1. The van der Waals surface area contributed by atoms with Gasteiger partial charge in [-0.05, 0) is 30.5 Å². The third-order valence-electron chi connectivity index (χ3n) is 3.68. The van der Waals surface area contributed by atoms with E-state index in [0.29, 0.717) is 0 Å². The zero-order valence-corrected chi connectivity index (χ0v) is 11.3. The normalized spacial score (nSPS) is 15.6. The monoisotopic (exact) mass is 246 g/mol. The lowest BCUT2D eigenvalue weighted by Crippen LogP contribution is -2.33. The van der Waals surface area contributed by atoms with E-state index in [0.717, 1.165) is 43.6 Å². The van der Waals surface area contributed by atoms with Gasteiger partial charge < -0.3 is 10.6 Å². The summed E-state index contributed by atoms with van der Waals surface area (Å²) in [6.07, 6.45) is 4.18. The molecule has 0 saturated heterocycles. The minimum Gasteiger partial charge on any atom is -0.399 e. The summed E-state index contributed by atoms with van der Waals surface area (Å²) in [7, 11) is 0. The number of unbranched alkanes of at least 4 members (excludes halogenated alkanes) is 1. The largest absolute Gasteiger partial charge is 0.399 e. The Balaban J connectivity index is 2.12. The van der Waals surface area contributed by atoms with Gasteiger partial charge in [0.05, 0.1) is 0 Å². The molecule has 0 radical (unpaired) electrons. The molecule has 1 aliphatic rings. The van der Waals surface area contributed by atoms with Crippen LogP contribution in [0.2, 0.25) is 0 Å². The van der Waals surface area contributed by atoms with Gasteiger partial charge in [-0.15, -0.1) is 0 Å². The SMILES string of the molecule is CCCCC(C)C(=O)N1CCc2ccc(N)cc21. The van der Waals surface area contributed by atoms with Crippen LogP contribution in [0.15, 0.2) is 18.2 Å². The molecule has 0 aromatic heterocycles. The number of hydrogen-bond acceptors (Lipinski definition) is 2. The highest BCUT2D eigenvalue weighted by Gasteiger charge is 2.27. The van der Waals surface area contributed by atoms with Gasteiger partial charge in [0.25, 0.3) is 0 Å². The van der Waals surface area contributed by atoms with Crippen LogP contribution in [0.5, 0.6) is 0 Å². The van der Waals surface area contributed by atoms with E-state index in [1.54, 1.807) is 0 Å². The van der Waals surface area contributed by atoms with Crippen molar-refractivity contribution < 1.29 is 4.79 Å². The van der Waals surface area contributed by atoms with E-state index in [2.05, 4.69) is 6.92 Å². The van der Waals surface area contributed by atoms with Crippen LogP contribution in [-0.2, 0) is 11.2 Å². The first kappa shape index (κ1) is 12.9. The molecule has 1 aromatic carbocycles. The number of carbonyl (C=O) groups excluding carboxylic acids is 1. The molecule has 0 spiro atoms. The van der Waals surface area contributed by atoms with Gasteiger partial charge in [0.15, 0.2) is 0 Å². The predicted molar refractivity (Wildman–Crippen MR) is 75.6 cm³/mol. The first-order chi connectivity index (χ1) is 8.63. The molecule has 1 aliphatic heterocycles. The zero-order chi connectivity index (χ0) is 13.1. The highest BCUT2D eigenvalue weighted by Crippen LogP contribution is 2.31. The third kappa shape index (κ3) is 2.50. The Bertz CT molecular complexity index is 442. The fraction of sp³-hybridized carbons (Fsp3) is 0.533. The van der Waals surface area contributed by atoms with Gasteiger partial charge in [0.1, 0.15) is 0 Å². The maximum absolute atomic E-state index is 12.4. The average Bonchev–Trinajstić information content (AvgIpc) is 2.77. The lowest BCUT2D eigenvalue weighted by molar-refractivity contribution is -0.122. The van der Waals surface area contributed by atoms with E-state index < -0.39 is 0 Å². The van der Waals surface area contributed by atoms with Crippen molar-refractivity contribution in [3.05, 3.63) is 23.8 Å². The summed E-state index contributed by atoms with van der Waals surface area (Å²) in [5.74, 6) is 0.352. The number of nitrogens with zero attached hydrogens (tertiary/aromatic N) is 1. The summed E-state index contributed by atoms with van der Waals surface area (Å²) >= 11 is 0. The number of fused-ring (bicyclic) bond motifs is 1. The molecule has 1 heterocycles. The predicted octanol–water partition coefficient (Wildman–Crippen LogP) is 2.98. The lowest BCUT2D eigenvalue weighted by Gasteiger charge is -2.21. The lowest BCUT2D eigenvalue weighted by atomic mass is 10.0. The van der Waals surface area contributed by atoms with Crippen molar-refractivity contribution in [2.24, 2.45) is 5.92 Å². The summed E-state index contributed by atoms with van der Waals surface area (Å²) in [4.78, 5) is 14.3. The highest BCUT2D eigenvalue weighted by molar-refractivity contribution is 5.97. The van der Waals surface area contributed by atoms with Crippen molar-refractivity contribution in [3.8, 4) is 0 Å². The fourth-order valence-corrected chi connectivity index (χ4v) is 2.52. The van der Waals surface area contributed by atoms with Crippen molar-refractivity contribution in [1.82, 2.24) is 0 Å². The molecule has 1 amide bonds. The zero-order valence-electron chi connectivity index (χ0n) is 11.3. The Morgan fingerprint density at radius 3 is 3.00 bits per heavy atom. The second-order valence-corrected chi connectivity index (χ2v) is 5.17. The summed E-state index contributed by atoms with van der Waals surface area (Å²) in [5, 5.41) is 0. The molecule has 0 bridgehead atoms. The number of rotatable bonds is 4. The summed E-state index contributed by atoms with van der Waals surface area (Å²) in [6.45, 7) is 4.99. The van der Waals surface area contributed by atoms with E-state index in [4.69, 9.17) is 5.73 Å². The Hall–Kier alpha value is -1.51. The first-order valence-electron chi connectivity index (χ1n) is 6.83. The molecule has 1 atom stereocenters. The van der Waals surface area contributed by atoms with E-state index in [9.17, 15) is 4.79 Å². The van der Waals surface area contributed by atoms with Gasteiger partial charge in [0, 0.05) is 23.8 Å². The van der Waals surface area contributed by atoms with Crippen molar-refractivity contribution >= 4 is 17.3 Å². The quantitative estimate of drug-likeness (QED) is 0.830. The Morgan fingerprint density at radius 2 is 2.28 bits per heavy atom. The minimum atomic E-state index is 0.109. The number of nitrogens with two attached hydrogens (primary N) is 1. The minimum absolute atomic E-state index is 0.109. The maximum atomic E-state index is 12.4. The molecular weight excluding hydrogens is 224 g/mol. The molecule has 18 heavy (non-hydrogen) atoms. The molecule has 0 aliphatic carbocycles. The van der Waals surface area contributed by atoms with E-state index >= 15 is 0 Å². The van der Waals surface area contributed by atoms with Gasteiger partial charge >= 0.3 is 0 Å². The number of benzene rings is 1. The first-order valence-corrected chi connectivity index (χ1v) is 6.83. The van der Waals surface area contributed by atoms with E-state index in [-0.39, 0.29) is 11.8 Å². The fourth-order valence-electron chi connectivity index (χ4n) is 2.52. The van der Waals surface area contributed by atoms with Gasteiger partial charge in [-0.25, -0.2) is 0 Å².